The van der Waals surface area contributed by atoms with Crippen LogP contribution in [-0.4, -0.2) is 34.9 Å². The summed E-state index contributed by atoms with van der Waals surface area (Å²) in [6.45, 7) is 0. The van der Waals surface area contributed by atoms with Crippen LogP contribution in [0.1, 0.15) is 36.9 Å². The number of nitrogens with two attached hydrogens (primary N) is 1. The van der Waals surface area contributed by atoms with E-state index in [0.717, 1.165) is 18.5 Å². The van der Waals surface area contributed by atoms with Crippen molar-refractivity contribution >= 4 is 15.7 Å². The van der Waals surface area contributed by atoms with Gasteiger partial charge in [0, 0.05) is 5.92 Å². The van der Waals surface area contributed by atoms with Crippen LogP contribution < -0.4 is 5.73 Å². The summed E-state index contributed by atoms with van der Waals surface area (Å²) in [5, 5.41) is 7.87. The van der Waals surface area contributed by atoms with Crippen LogP contribution in [0, 0.1) is 0 Å². The number of nitrogen functional groups attached to an aromatic ring is 1. The van der Waals surface area contributed by atoms with Crippen LogP contribution in [0.4, 0.5) is 5.82 Å². The fraction of sp³-hybridized carbons (Fsp3) is 0.778. The van der Waals surface area contributed by atoms with E-state index in [0.29, 0.717) is 18.2 Å². The Kier molecular flexibility index (Phi) is 2.01. The minimum absolute atomic E-state index is 0.0644. The van der Waals surface area contributed by atoms with Crippen LogP contribution in [-0.2, 0) is 9.84 Å². The molecule has 1 aliphatic carbocycles. The average Bonchev–Trinajstić information content (AvgIpc) is 2.88. The largest absolute Gasteiger partial charge is 0.381 e. The van der Waals surface area contributed by atoms with E-state index < -0.39 is 9.84 Å². The predicted octanol–water partition coefficient (Wildman–Crippen LogP) is 0.0973. The van der Waals surface area contributed by atoms with E-state index in [4.69, 9.17) is 5.73 Å². The number of rotatable bonds is 2. The molecule has 0 bridgehead atoms. The molecule has 1 saturated carbocycles. The summed E-state index contributed by atoms with van der Waals surface area (Å²) in [5.74, 6) is 1.34. The van der Waals surface area contributed by atoms with Crippen molar-refractivity contribution in [1.82, 2.24) is 15.0 Å². The van der Waals surface area contributed by atoms with E-state index in [1.165, 1.54) is 0 Å². The summed E-state index contributed by atoms with van der Waals surface area (Å²) < 4.78 is 24.6. The minimum Gasteiger partial charge on any atom is -0.381 e. The predicted molar refractivity (Wildman–Crippen MR) is 58.7 cm³/mol. The smallest absolute Gasteiger partial charge is 0.169 e. The molecule has 7 heteroatoms. The Bertz CT molecular complexity index is 518. The maximum Gasteiger partial charge on any atom is 0.169 e. The number of nitrogens with zero attached hydrogens (tertiary/aromatic N) is 3. The topological polar surface area (TPSA) is 90.9 Å². The highest BCUT2D eigenvalue weighted by molar-refractivity contribution is 7.91. The molecular formula is C9H14N4O2S. The van der Waals surface area contributed by atoms with Gasteiger partial charge in [-0.2, -0.15) is 0 Å². The fourth-order valence-corrected chi connectivity index (χ4v) is 4.00. The number of sulfone groups is 1. The summed E-state index contributed by atoms with van der Waals surface area (Å²) in [6, 6.07) is -0.0644. The van der Waals surface area contributed by atoms with E-state index in [9.17, 15) is 8.42 Å². The van der Waals surface area contributed by atoms with Crippen molar-refractivity contribution in [2.45, 2.75) is 31.2 Å². The van der Waals surface area contributed by atoms with Crippen LogP contribution in [0.3, 0.4) is 0 Å². The zero-order valence-electron chi connectivity index (χ0n) is 8.83. The lowest BCUT2D eigenvalue weighted by molar-refractivity contribution is 0.467. The van der Waals surface area contributed by atoms with Gasteiger partial charge in [0.25, 0.3) is 0 Å². The maximum atomic E-state index is 11.4. The molecule has 2 fully saturated rings. The molecule has 0 amide bonds. The molecule has 1 aromatic rings. The molecule has 6 nitrogen and oxygen atoms in total. The first-order valence-corrected chi connectivity index (χ1v) is 7.30. The zero-order chi connectivity index (χ0) is 11.3. The first-order chi connectivity index (χ1) is 7.57. The highest BCUT2D eigenvalue weighted by Gasteiger charge is 2.36. The standard InChI is InChI=1S/C9H14N4O2S/c10-9-8(6-1-2-6)13(12-11-9)7-3-4-16(14,15)5-7/h6-7H,1-5,10H2. The number of hydrogen-bond donors (Lipinski definition) is 1. The average molecular weight is 242 g/mol. The van der Waals surface area contributed by atoms with Crippen LogP contribution in [0.2, 0.25) is 0 Å². The SMILES string of the molecule is Nc1nnn(C2CCS(=O)(=O)C2)c1C1CC1. The summed E-state index contributed by atoms with van der Waals surface area (Å²) in [4.78, 5) is 0. The van der Waals surface area contributed by atoms with Gasteiger partial charge in [-0.3, -0.25) is 0 Å². The van der Waals surface area contributed by atoms with Gasteiger partial charge in [-0.25, -0.2) is 13.1 Å². The van der Waals surface area contributed by atoms with Crippen LogP contribution >= 0.6 is 0 Å². The normalized spacial score (nSPS) is 28.4. The molecule has 1 atom stereocenters. The number of aromatic nitrogens is 3. The van der Waals surface area contributed by atoms with E-state index in [1.54, 1.807) is 4.68 Å². The van der Waals surface area contributed by atoms with Crippen molar-refractivity contribution in [3.05, 3.63) is 5.69 Å². The molecule has 0 aromatic carbocycles. The van der Waals surface area contributed by atoms with E-state index in [1.807, 2.05) is 0 Å². The third-order valence-corrected chi connectivity index (χ3v) is 5.03. The highest BCUT2D eigenvalue weighted by atomic mass is 32.2. The van der Waals surface area contributed by atoms with Gasteiger partial charge in [-0.1, -0.05) is 5.21 Å². The Hall–Kier alpha value is -1.11. The van der Waals surface area contributed by atoms with E-state index in [-0.39, 0.29) is 17.5 Å². The second kappa shape index (κ2) is 3.19. The molecule has 2 N–H and O–H groups in total. The first kappa shape index (κ1) is 10.1. The molecule has 0 spiro atoms. The third-order valence-electron chi connectivity index (χ3n) is 3.28. The number of hydrogen-bond acceptors (Lipinski definition) is 5. The summed E-state index contributed by atoms with van der Waals surface area (Å²) >= 11 is 0. The fourth-order valence-electron chi connectivity index (χ4n) is 2.30. The van der Waals surface area contributed by atoms with Gasteiger partial charge in [0.2, 0.25) is 0 Å². The van der Waals surface area contributed by atoms with Crippen LogP contribution in [0.25, 0.3) is 0 Å². The van der Waals surface area contributed by atoms with Crippen molar-refractivity contribution in [2.24, 2.45) is 0 Å². The maximum absolute atomic E-state index is 11.4. The lowest BCUT2D eigenvalue weighted by Crippen LogP contribution is -2.15. The molecule has 3 rings (SSSR count). The minimum atomic E-state index is -2.89. The summed E-state index contributed by atoms with van der Waals surface area (Å²) in [6.07, 6.45) is 2.85. The highest BCUT2D eigenvalue weighted by Crippen LogP contribution is 2.43. The molecule has 88 valence electrons. The van der Waals surface area contributed by atoms with E-state index in [2.05, 4.69) is 10.3 Å². The van der Waals surface area contributed by atoms with Crippen molar-refractivity contribution in [3.63, 3.8) is 0 Å². The molecule has 2 aliphatic rings. The monoisotopic (exact) mass is 242 g/mol. The van der Waals surface area contributed by atoms with Gasteiger partial charge in [0.05, 0.1) is 23.2 Å². The van der Waals surface area contributed by atoms with Gasteiger partial charge in [0.1, 0.15) is 0 Å². The van der Waals surface area contributed by atoms with Crippen molar-refractivity contribution in [3.8, 4) is 0 Å². The van der Waals surface area contributed by atoms with Gasteiger partial charge >= 0.3 is 0 Å². The first-order valence-electron chi connectivity index (χ1n) is 5.48. The number of anilines is 1. The van der Waals surface area contributed by atoms with Gasteiger partial charge in [-0.15, -0.1) is 5.10 Å². The van der Waals surface area contributed by atoms with Gasteiger partial charge in [-0.05, 0) is 19.3 Å². The van der Waals surface area contributed by atoms with Crippen molar-refractivity contribution < 1.29 is 8.42 Å². The second-order valence-electron chi connectivity index (χ2n) is 4.64. The van der Waals surface area contributed by atoms with E-state index >= 15 is 0 Å². The molecule has 16 heavy (non-hydrogen) atoms. The molecular weight excluding hydrogens is 228 g/mol. The molecule has 1 unspecified atom stereocenters. The molecule has 0 radical (unpaired) electrons. The lowest BCUT2D eigenvalue weighted by Gasteiger charge is -2.11. The van der Waals surface area contributed by atoms with Crippen LogP contribution in [0.5, 0.6) is 0 Å². The Morgan fingerprint density at radius 2 is 2.06 bits per heavy atom. The molecule has 1 aliphatic heterocycles. The zero-order valence-corrected chi connectivity index (χ0v) is 9.65. The Balaban J connectivity index is 1.95. The Morgan fingerprint density at radius 1 is 1.31 bits per heavy atom. The lowest BCUT2D eigenvalue weighted by atomic mass is 10.2. The third kappa shape index (κ3) is 1.59. The Labute approximate surface area is 93.7 Å². The molecule has 1 aromatic heterocycles. The van der Waals surface area contributed by atoms with Crippen molar-refractivity contribution in [2.75, 3.05) is 17.2 Å². The second-order valence-corrected chi connectivity index (χ2v) is 6.86. The van der Waals surface area contributed by atoms with Crippen LogP contribution in [0.15, 0.2) is 0 Å². The summed E-state index contributed by atoms with van der Waals surface area (Å²) in [7, 11) is -2.89. The van der Waals surface area contributed by atoms with Gasteiger partial charge < -0.3 is 5.73 Å². The Morgan fingerprint density at radius 3 is 2.62 bits per heavy atom. The summed E-state index contributed by atoms with van der Waals surface area (Å²) in [5.41, 5.74) is 6.72. The van der Waals surface area contributed by atoms with Crippen molar-refractivity contribution in [1.29, 1.82) is 0 Å². The van der Waals surface area contributed by atoms with Gasteiger partial charge in [0.15, 0.2) is 15.7 Å². The quantitative estimate of drug-likeness (QED) is 0.794. The molecule has 2 heterocycles. The molecule has 1 saturated heterocycles.